The summed E-state index contributed by atoms with van der Waals surface area (Å²) >= 11 is 0. The van der Waals surface area contributed by atoms with Gasteiger partial charge in [0.25, 0.3) is 0 Å². The lowest BCUT2D eigenvalue weighted by atomic mass is 10.7. The molecule has 0 saturated heterocycles. The van der Waals surface area contributed by atoms with E-state index in [4.69, 9.17) is 0 Å². The fraction of sp³-hybridized carbons (Fsp3) is 0.333. The summed E-state index contributed by atoms with van der Waals surface area (Å²) in [5.74, 6) is -3.11. The summed E-state index contributed by atoms with van der Waals surface area (Å²) in [6, 6.07) is 0. The van der Waals surface area contributed by atoms with E-state index in [1.165, 1.54) is 6.92 Å². The third kappa shape index (κ3) is 6.68. The van der Waals surface area contributed by atoms with Crippen LogP contribution >= 0.6 is 0 Å². The average molecular weight is 145 g/mol. The number of carbonyl (C=O) groups is 2. The lowest BCUT2D eigenvalue weighted by Gasteiger charge is -1.98. The van der Waals surface area contributed by atoms with E-state index in [0.717, 1.165) is 0 Å². The molecule has 0 radical (unpaired) electrons. The maximum Gasteiger partial charge on any atom is 0.354 e. The average Bonchev–Trinajstić information content (AvgIpc) is 1.93. The van der Waals surface area contributed by atoms with Crippen molar-refractivity contribution in [2.45, 2.75) is 6.92 Å². The Morgan fingerprint density at radius 2 is 1.90 bits per heavy atom. The molecule has 0 atom stereocenters. The maximum absolute atomic E-state index is 9.86. The maximum atomic E-state index is 9.86. The van der Waals surface area contributed by atoms with Crippen LogP contribution < -0.4 is 5.11 Å². The Labute approximate surface area is 59.1 Å². The van der Waals surface area contributed by atoms with Crippen LogP contribution in [-0.4, -0.2) is 18.5 Å². The smallest absolute Gasteiger partial charge is 0.354 e. The van der Waals surface area contributed by atoms with E-state index in [2.05, 4.69) is 17.9 Å². The van der Waals surface area contributed by atoms with E-state index in [-0.39, 0.29) is 6.61 Å². The fourth-order valence-electron chi connectivity index (χ4n) is 0.190. The minimum Gasteiger partial charge on any atom is -0.539 e. The second kappa shape index (κ2) is 7.68. The predicted octanol–water partition coefficient (Wildman–Crippen LogP) is -0.898. The molecule has 0 aromatic carbocycles. The number of hydrogen-bond acceptors (Lipinski definition) is 4. The third-order valence-electron chi connectivity index (χ3n) is 0.442. The first kappa shape index (κ1) is 11.5. The second-order valence-corrected chi connectivity index (χ2v) is 1.01. The van der Waals surface area contributed by atoms with E-state index >= 15 is 0 Å². The standard InChI is InChI=1S/C4H6O4.C2H4/c1-2-8-4(7)3(5)6;1-2/h2H2,1H3,(H,5,6);1-2H2/p-1. The van der Waals surface area contributed by atoms with Gasteiger partial charge in [-0.25, -0.2) is 4.79 Å². The topological polar surface area (TPSA) is 66.4 Å². The van der Waals surface area contributed by atoms with Gasteiger partial charge in [-0.15, -0.1) is 13.2 Å². The van der Waals surface area contributed by atoms with Crippen LogP contribution in [-0.2, 0) is 14.3 Å². The van der Waals surface area contributed by atoms with Crippen LogP contribution in [0.15, 0.2) is 13.2 Å². The Morgan fingerprint density at radius 1 is 1.50 bits per heavy atom. The summed E-state index contributed by atoms with van der Waals surface area (Å²) < 4.78 is 4.00. The zero-order chi connectivity index (χ0) is 8.57. The number of carboxylic acids is 1. The molecule has 0 bridgehead atoms. The number of carbonyl (C=O) groups excluding carboxylic acids is 2. The number of esters is 1. The molecule has 0 aliphatic carbocycles. The number of rotatable bonds is 1. The Bertz CT molecular complexity index is 119. The molecule has 0 spiro atoms. The lowest BCUT2D eigenvalue weighted by molar-refractivity contribution is -0.303. The first-order valence-electron chi connectivity index (χ1n) is 2.56. The Balaban J connectivity index is 0. The van der Waals surface area contributed by atoms with Crippen molar-refractivity contribution < 1.29 is 19.4 Å². The highest BCUT2D eigenvalue weighted by Gasteiger charge is 1.98. The molecule has 4 nitrogen and oxygen atoms in total. The molecule has 0 amide bonds. The normalized spacial score (nSPS) is 6.90. The van der Waals surface area contributed by atoms with Gasteiger partial charge in [-0.2, -0.15) is 0 Å². The summed E-state index contributed by atoms with van der Waals surface area (Å²) in [7, 11) is 0. The molecular weight excluding hydrogens is 136 g/mol. The number of carboxylic acid groups (broad SMARTS) is 1. The monoisotopic (exact) mass is 145 g/mol. The number of aliphatic carboxylic acids is 1. The molecule has 0 aromatic heterocycles. The molecule has 0 unspecified atom stereocenters. The SMILES string of the molecule is C=C.CCOC(=O)C(=O)[O-]. The summed E-state index contributed by atoms with van der Waals surface area (Å²) in [5.41, 5.74) is 0. The highest BCUT2D eigenvalue weighted by Crippen LogP contribution is 1.72. The summed E-state index contributed by atoms with van der Waals surface area (Å²) in [6.07, 6.45) is 0. The van der Waals surface area contributed by atoms with Crippen molar-refractivity contribution in [1.29, 1.82) is 0 Å². The molecule has 0 aliphatic heterocycles. The van der Waals surface area contributed by atoms with Gasteiger partial charge in [0.2, 0.25) is 0 Å². The Morgan fingerprint density at radius 3 is 2.00 bits per heavy atom. The van der Waals surface area contributed by atoms with E-state index in [1.54, 1.807) is 0 Å². The summed E-state index contributed by atoms with van der Waals surface area (Å²) in [5, 5.41) is 9.50. The van der Waals surface area contributed by atoms with Crippen molar-refractivity contribution >= 4 is 11.9 Å². The third-order valence-corrected chi connectivity index (χ3v) is 0.442. The van der Waals surface area contributed by atoms with Gasteiger partial charge in [0.15, 0.2) is 5.97 Å². The van der Waals surface area contributed by atoms with Gasteiger partial charge in [0, 0.05) is 0 Å². The Hall–Kier alpha value is -1.32. The zero-order valence-corrected chi connectivity index (χ0v) is 5.75. The first-order valence-corrected chi connectivity index (χ1v) is 2.56. The van der Waals surface area contributed by atoms with E-state index in [9.17, 15) is 14.7 Å². The van der Waals surface area contributed by atoms with Crippen LogP contribution in [0.5, 0.6) is 0 Å². The first-order chi connectivity index (χ1) is 4.68. The second-order valence-electron chi connectivity index (χ2n) is 1.01. The van der Waals surface area contributed by atoms with Crippen LogP contribution in [0.1, 0.15) is 6.92 Å². The number of ether oxygens (including phenoxy) is 1. The van der Waals surface area contributed by atoms with Crippen LogP contribution in [0.25, 0.3) is 0 Å². The number of hydrogen-bond donors (Lipinski definition) is 0. The highest BCUT2D eigenvalue weighted by molar-refractivity contribution is 6.27. The van der Waals surface area contributed by atoms with E-state index in [1.807, 2.05) is 0 Å². The van der Waals surface area contributed by atoms with Gasteiger partial charge >= 0.3 is 5.97 Å². The molecule has 0 saturated carbocycles. The van der Waals surface area contributed by atoms with Gasteiger partial charge in [0.05, 0.1) is 6.61 Å². The minimum atomic E-state index is -1.80. The van der Waals surface area contributed by atoms with Crippen molar-refractivity contribution in [3.63, 3.8) is 0 Å². The van der Waals surface area contributed by atoms with Crippen molar-refractivity contribution in [3.05, 3.63) is 13.2 Å². The minimum absolute atomic E-state index is 0.0623. The lowest BCUT2D eigenvalue weighted by Crippen LogP contribution is -2.33. The summed E-state index contributed by atoms with van der Waals surface area (Å²) in [4.78, 5) is 19.4. The molecule has 0 N–H and O–H groups in total. The van der Waals surface area contributed by atoms with Crippen molar-refractivity contribution in [2.75, 3.05) is 6.61 Å². The van der Waals surface area contributed by atoms with Gasteiger partial charge in [-0.05, 0) is 6.92 Å². The molecule has 0 aromatic rings. The molecule has 10 heavy (non-hydrogen) atoms. The Kier molecular flexibility index (Phi) is 8.81. The predicted molar refractivity (Wildman–Crippen MR) is 32.9 cm³/mol. The van der Waals surface area contributed by atoms with Gasteiger partial charge in [0.1, 0.15) is 0 Å². The van der Waals surface area contributed by atoms with Gasteiger partial charge in [-0.3, -0.25) is 0 Å². The molecule has 0 aliphatic rings. The van der Waals surface area contributed by atoms with Gasteiger partial charge < -0.3 is 14.6 Å². The van der Waals surface area contributed by atoms with Crippen LogP contribution in [0, 0.1) is 0 Å². The van der Waals surface area contributed by atoms with Crippen molar-refractivity contribution in [2.24, 2.45) is 0 Å². The van der Waals surface area contributed by atoms with Crippen LogP contribution in [0.3, 0.4) is 0 Å². The molecule has 58 valence electrons. The van der Waals surface area contributed by atoms with Crippen LogP contribution in [0.4, 0.5) is 0 Å². The highest BCUT2D eigenvalue weighted by atomic mass is 16.6. The van der Waals surface area contributed by atoms with Crippen molar-refractivity contribution in [3.8, 4) is 0 Å². The van der Waals surface area contributed by atoms with Crippen LogP contribution in [0.2, 0.25) is 0 Å². The van der Waals surface area contributed by atoms with Crippen molar-refractivity contribution in [1.82, 2.24) is 0 Å². The molecular formula is C6H9O4-. The molecule has 4 heteroatoms. The molecule has 0 fully saturated rings. The largest absolute Gasteiger partial charge is 0.539 e. The van der Waals surface area contributed by atoms with E-state index < -0.39 is 11.9 Å². The van der Waals surface area contributed by atoms with Gasteiger partial charge in [-0.1, -0.05) is 0 Å². The fourth-order valence-corrected chi connectivity index (χ4v) is 0.190. The quantitative estimate of drug-likeness (QED) is 0.272. The molecule has 0 heterocycles. The molecule has 0 rings (SSSR count). The van der Waals surface area contributed by atoms with E-state index in [0.29, 0.717) is 0 Å². The summed E-state index contributed by atoms with van der Waals surface area (Å²) in [6.45, 7) is 7.58. The zero-order valence-electron chi connectivity index (χ0n) is 5.75.